The minimum atomic E-state index is 0.296. The second-order valence-corrected chi connectivity index (χ2v) is 3.20. The van der Waals surface area contributed by atoms with Crippen molar-refractivity contribution in [2.24, 2.45) is 5.92 Å². The SMILES string of the molecule is CNCC(OCCOC)C(C)C. The van der Waals surface area contributed by atoms with E-state index in [1.165, 1.54) is 0 Å². The number of ether oxygens (including phenoxy) is 2. The van der Waals surface area contributed by atoms with E-state index in [-0.39, 0.29) is 0 Å². The molecule has 0 fully saturated rings. The number of likely N-dealkylation sites (N-methyl/N-ethyl adjacent to an activating group) is 1. The molecule has 0 aromatic rings. The number of rotatable bonds is 7. The Morgan fingerprint density at radius 3 is 2.33 bits per heavy atom. The fourth-order valence-corrected chi connectivity index (χ4v) is 0.971. The predicted octanol–water partition coefficient (Wildman–Crippen LogP) is 0.893. The first kappa shape index (κ1) is 11.9. The summed E-state index contributed by atoms with van der Waals surface area (Å²) in [6.45, 7) is 6.58. The molecular weight excluding hydrogens is 154 g/mol. The van der Waals surface area contributed by atoms with Crippen molar-refractivity contribution in [2.75, 3.05) is 33.9 Å². The molecule has 0 aromatic heterocycles. The van der Waals surface area contributed by atoms with E-state index in [4.69, 9.17) is 9.47 Å². The van der Waals surface area contributed by atoms with Gasteiger partial charge in [-0.1, -0.05) is 13.8 Å². The molecule has 3 nitrogen and oxygen atoms in total. The van der Waals surface area contributed by atoms with Crippen molar-refractivity contribution >= 4 is 0 Å². The number of nitrogens with one attached hydrogen (secondary N) is 1. The first-order valence-corrected chi connectivity index (χ1v) is 4.47. The van der Waals surface area contributed by atoms with E-state index in [9.17, 15) is 0 Å². The van der Waals surface area contributed by atoms with Crippen LogP contribution in [0.2, 0.25) is 0 Å². The number of hydrogen-bond acceptors (Lipinski definition) is 3. The molecule has 0 aliphatic rings. The Kier molecular flexibility index (Phi) is 7.45. The molecule has 74 valence electrons. The van der Waals surface area contributed by atoms with Crippen LogP contribution in [0, 0.1) is 5.92 Å². The van der Waals surface area contributed by atoms with Gasteiger partial charge in [-0.3, -0.25) is 0 Å². The molecule has 1 unspecified atom stereocenters. The van der Waals surface area contributed by atoms with E-state index >= 15 is 0 Å². The van der Waals surface area contributed by atoms with Crippen LogP contribution in [-0.4, -0.2) is 40.0 Å². The fourth-order valence-electron chi connectivity index (χ4n) is 0.971. The standard InChI is InChI=1S/C9H21NO2/c1-8(2)9(7-10-3)12-6-5-11-4/h8-10H,5-7H2,1-4H3. The zero-order valence-corrected chi connectivity index (χ0v) is 8.59. The van der Waals surface area contributed by atoms with Crippen LogP contribution in [-0.2, 0) is 9.47 Å². The van der Waals surface area contributed by atoms with Crippen LogP contribution in [0.25, 0.3) is 0 Å². The highest BCUT2D eigenvalue weighted by atomic mass is 16.5. The minimum Gasteiger partial charge on any atom is -0.382 e. The summed E-state index contributed by atoms with van der Waals surface area (Å²) in [5.41, 5.74) is 0. The summed E-state index contributed by atoms with van der Waals surface area (Å²) >= 11 is 0. The lowest BCUT2D eigenvalue weighted by molar-refractivity contribution is -0.00372. The van der Waals surface area contributed by atoms with Crippen LogP contribution in [0.15, 0.2) is 0 Å². The van der Waals surface area contributed by atoms with E-state index in [1.807, 2.05) is 7.05 Å². The lowest BCUT2D eigenvalue weighted by atomic mass is 10.1. The lowest BCUT2D eigenvalue weighted by Gasteiger charge is -2.20. The van der Waals surface area contributed by atoms with Crippen molar-refractivity contribution in [3.8, 4) is 0 Å². The van der Waals surface area contributed by atoms with Gasteiger partial charge in [-0.15, -0.1) is 0 Å². The third kappa shape index (κ3) is 5.52. The Labute approximate surface area is 75.4 Å². The van der Waals surface area contributed by atoms with E-state index in [1.54, 1.807) is 7.11 Å². The van der Waals surface area contributed by atoms with Gasteiger partial charge in [-0.25, -0.2) is 0 Å². The van der Waals surface area contributed by atoms with Crippen LogP contribution in [0.4, 0.5) is 0 Å². The maximum atomic E-state index is 5.60. The maximum absolute atomic E-state index is 5.60. The van der Waals surface area contributed by atoms with Gasteiger partial charge in [0.1, 0.15) is 0 Å². The van der Waals surface area contributed by atoms with Gasteiger partial charge in [0.15, 0.2) is 0 Å². The lowest BCUT2D eigenvalue weighted by Crippen LogP contribution is -2.32. The van der Waals surface area contributed by atoms with Crippen LogP contribution in [0.1, 0.15) is 13.8 Å². The number of hydrogen-bond donors (Lipinski definition) is 1. The Morgan fingerprint density at radius 1 is 1.25 bits per heavy atom. The molecule has 0 heterocycles. The third-order valence-electron chi connectivity index (χ3n) is 1.77. The molecule has 3 heteroatoms. The smallest absolute Gasteiger partial charge is 0.0723 e. The van der Waals surface area contributed by atoms with Crippen molar-refractivity contribution < 1.29 is 9.47 Å². The van der Waals surface area contributed by atoms with Crippen molar-refractivity contribution in [2.45, 2.75) is 20.0 Å². The van der Waals surface area contributed by atoms with Gasteiger partial charge in [-0.05, 0) is 13.0 Å². The fraction of sp³-hybridized carbons (Fsp3) is 1.00. The quantitative estimate of drug-likeness (QED) is 0.583. The van der Waals surface area contributed by atoms with E-state index in [2.05, 4.69) is 19.2 Å². The second-order valence-electron chi connectivity index (χ2n) is 3.20. The molecule has 0 bridgehead atoms. The van der Waals surface area contributed by atoms with Gasteiger partial charge in [0.05, 0.1) is 19.3 Å². The molecule has 0 amide bonds. The third-order valence-corrected chi connectivity index (χ3v) is 1.77. The highest BCUT2D eigenvalue weighted by Gasteiger charge is 2.11. The summed E-state index contributed by atoms with van der Waals surface area (Å²) in [7, 11) is 3.63. The molecule has 0 spiro atoms. The van der Waals surface area contributed by atoms with Crippen LogP contribution in [0.3, 0.4) is 0 Å². The van der Waals surface area contributed by atoms with Crippen molar-refractivity contribution in [3.63, 3.8) is 0 Å². The van der Waals surface area contributed by atoms with E-state index in [0.29, 0.717) is 25.2 Å². The highest BCUT2D eigenvalue weighted by Crippen LogP contribution is 2.04. The minimum absolute atomic E-state index is 0.296. The molecule has 0 aliphatic carbocycles. The summed E-state index contributed by atoms with van der Waals surface area (Å²) in [5.74, 6) is 0.550. The van der Waals surface area contributed by atoms with Crippen LogP contribution >= 0.6 is 0 Å². The van der Waals surface area contributed by atoms with Gasteiger partial charge in [0, 0.05) is 13.7 Å². The second kappa shape index (κ2) is 7.53. The Hall–Kier alpha value is -0.120. The molecule has 0 saturated carbocycles. The zero-order chi connectivity index (χ0) is 9.40. The first-order valence-electron chi connectivity index (χ1n) is 4.47. The largest absolute Gasteiger partial charge is 0.382 e. The van der Waals surface area contributed by atoms with Gasteiger partial charge in [0.2, 0.25) is 0 Å². The van der Waals surface area contributed by atoms with E-state index in [0.717, 1.165) is 6.54 Å². The normalized spacial score (nSPS) is 13.8. The first-order chi connectivity index (χ1) is 5.72. The van der Waals surface area contributed by atoms with Crippen molar-refractivity contribution in [1.29, 1.82) is 0 Å². The summed E-state index contributed by atoms with van der Waals surface area (Å²) in [6.07, 6.45) is 0.296. The molecule has 1 atom stereocenters. The van der Waals surface area contributed by atoms with E-state index < -0.39 is 0 Å². The Morgan fingerprint density at radius 2 is 1.92 bits per heavy atom. The molecule has 0 rings (SSSR count). The average Bonchev–Trinajstić information content (AvgIpc) is 2.03. The van der Waals surface area contributed by atoms with Gasteiger partial charge in [-0.2, -0.15) is 0 Å². The molecular formula is C9H21NO2. The number of methoxy groups -OCH3 is 1. The van der Waals surface area contributed by atoms with Crippen molar-refractivity contribution in [3.05, 3.63) is 0 Å². The van der Waals surface area contributed by atoms with Crippen molar-refractivity contribution in [1.82, 2.24) is 5.32 Å². The predicted molar refractivity (Wildman–Crippen MR) is 50.4 cm³/mol. The Bertz CT molecular complexity index is 96.5. The molecule has 0 aromatic carbocycles. The van der Waals surface area contributed by atoms with Crippen LogP contribution in [0.5, 0.6) is 0 Å². The van der Waals surface area contributed by atoms with Gasteiger partial charge in [0.25, 0.3) is 0 Å². The van der Waals surface area contributed by atoms with Gasteiger partial charge < -0.3 is 14.8 Å². The van der Waals surface area contributed by atoms with Crippen LogP contribution < -0.4 is 5.32 Å². The Balaban J connectivity index is 3.49. The maximum Gasteiger partial charge on any atom is 0.0723 e. The summed E-state index contributed by atoms with van der Waals surface area (Å²) < 4.78 is 10.5. The molecule has 0 saturated heterocycles. The van der Waals surface area contributed by atoms with Gasteiger partial charge >= 0.3 is 0 Å². The monoisotopic (exact) mass is 175 g/mol. The summed E-state index contributed by atoms with van der Waals surface area (Å²) in [5, 5.41) is 3.11. The molecule has 0 radical (unpaired) electrons. The molecule has 0 aliphatic heterocycles. The molecule has 12 heavy (non-hydrogen) atoms. The summed E-state index contributed by atoms with van der Waals surface area (Å²) in [6, 6.07) is 0. The highest BCUT2D eigenvalue weighted by molar-refractivity contribution is 4.63. The average molecular weight is 175 g/mol. The molecule has 1 N–H and O–H groups in total. The topological polar surface area (TPSA) is 30.5 Å². The summed E-state index contributed by atoms with van der Waals surface area (Å²) in [4.78, 5) is 0. The zero-order valence-electron chi connectivity index (χ0n) is 8.59.